The van der Waals surface area contributed by atoms with E-state index in [0.717, 1.165) is 24.1 Å². The average molecular weight is 637 g/mol. The number of benzene rings is 1. The Morgan fingerprint density at radius 3 is 2.65 bits per heavy atom. The van der Waals surface area contributed by atoms with E-state index in [4.69, 9.17) is 26.4 Å². The SMILES string of the molecule is B[C@@H]1[C@@H](C)C(=O)[C@@H](C)C(=O)O[C@H](CC)[C@@](C)(OC#C)[C@H](NCCCCn2cc(-c3cccc(N)c3)nn2)[C@@H](C)NCC[C@@]1(C)OC. The lowest BCUT2D eigenvalue weighted by Gasteiger charge is -2.45. The highest BCUT2D eigenvalue weighted by molar-refractivity contribution is 6.15. The molecular formula is C34H53BN6O5. The van der Waals surface area contributed by atoms with Crippen molar-refractivity contribution in [1.82, 2.24) is 25.6 Å². The van der Waals surface area contributed by atoms with Gasteiger partial charge in [0.2, 0.25) is 0 Å². The number of carbonyl (C=O) groups is 2. The molecule has 1 fully saturated rings. The largest absolute Gasteiger partial charge is 0.457 e. The standard InChI is InChI=1S/C34H53BN6O5/c1-9-28-34(7,45-10-2)31(38-17-11-12-19-41-21-27(39-40-41)25-14-13-15-26(36)20-25)24(5)37-18-16-33(6,44-8)30(35)22(3)29(42)23(4)32(43)46-28/h2,13-15,20-24,28,30-31,37-38H,9,11-12,16-19,35-36H2,1,3-8H3/t22-,23+,24+,28+,30+,31+,33+,34+/m0/s1. The van der Waals surface area contributed by atoms with Crippen LogP contribution in [0.3, 0.4) is 0 Å². The Hall–Kier alpha value is -3.40. The number of unbranched alkanes of at least 4 members (excludes halogenated alkanes) is 1. The molecule has 0 saturated carbocycles. The second kappa shape index (κ2) is 16.4. The molecule has 0 amide bonds. The summed E-state index contributed by atoms with van der Waals surface area (Å²) in [6.07, 6.45) is 12.1. The van der Waals surface area contributed by atoms with Crippen LogP contribution in [-0.2, 0) is 30.3 Å². The number of hydrogen-bond donors (Lipinski definition) is 3. The summed E-state index contributed by atoms with van der Waals surface area (Å²) in [6, 6.07) is 7.11. The summed E-state index contributed by atoms with van der Waals surface area (Å²) < 4.78 is 19.9. The molecule has 1 aliphatic heterocycles. The van der Waals surface area contributed by atoms with Crippen molar-refractivity contribution in [2.45, 2.75) is 109 Å². The zero-order chi connectivity index (χ0) is 34.1. The molecule has 46 heavy (non-hydrogen) atoms. The van der Waals surface area contributed by atoms with Gasteiger partial charge in [-0.25, -0.2) is 0 Å². The van der Waals surface area contributed by atoms with Crippen molar-refractivity contribution in [3.63, 3.8) is 0 Å². The van der Waals surface area contributed by atoms with Crippen LogP contribution in [0.25, 0.3) is 11.3 Å². The fourth-order valence-corrected chi connectivity index (χ4v) is 6.54. The minimum Gasteiger partial charge on any atom is -0.457 e. The van der Waals surface area contributed by atoms with Gasteiger partial charge >= 0.3 is 5.97 Å². The van der Waals surface area contributed by atoms with E-state index >= 15 is 0 Å². The van der Waals surface area contributed by atoms with Crippen molar-refractivity contribution in [3.8, 4) is 23.8 Å². The van der Waals surface area contributed by atoms with Crippen molar-refractivity contribution < 1.29 is 23.8 Å². The Bertz CT molecular complexity index is 1350. The summed E-state index contributed by atoms with van der Waals surface area (Å²) in [4.78, 5) is 26.9. The molecule has 0 bridgehead atoms. The average Bonchev–Trinajstić information content (AvgIpc) is 3.52. The summed E-state index contributed by atoms with van der Waals surface area (Å²) in [7, 11) is 3.68. The maximum absolute atomic E-state index is 13.5. The number of nitrogens with two attached hydrogens (primary N) is 1. The Labute approximate surface area is 275 Å². The highest BCUT2D eigenvalue weighted by atomic mass is 16.6. The lowest BCUT2D eigenvalue weighted by Crippen LogP contribution is -2.65. The number of cyclic esters (lactones) is 1. The number of aromatic nitrogens is 3. The van der Waals surface area contributed by atoms with Crippen LogP contribution in [0.1, 0.15) is 67.2 Å². The zero-order valence-corrected chi connectivity index (χ0v) is 28.8. The van der Waals surface area contributed by atoms with Crippen LogP contribution in [0.2, 0.25) is 5.82 Å². The summed E-state index contributed by atoms with van der Waals surface area (Å²) in [5.74, 6) is -2.22. The Kier molecular flexibility index (Phi) is 13.2. The monoisotopic (exact) mass is 636 g/mol. The van der Waals surface area contributed by atoms with Crippen LogP contribution < -0.4 is 16.4 Å². The molecule has 11 nitrogen and oxygen atoms in total. The predicted molar refractivity (Wildman–Crippen MR) is 183 cm³/mol. The van der Waals surface area contributed by atoms with Gasteiger partial charge in [0.25, 0.3) is 0 Å². The fourth-order valence-electron chi connectivity index (χ4n) is 6.54. The van der Waals surface area contributed by atoms with Gasteiger partial charge in [0.15, 0.2) is 5.60 Å². The molecule has 252 valence electrons. The van der Waals surface area contributed by atoms with Crippen molar-refractivity contribution >= 4 is 25.3 Å². The van der Waals surface area contributed by atoms with Gasteiger partial charge in [-0.2, -0.15) is 0 Å². The number of esters is 1. The Morgan fingerprint density at radius 2 is 2.00 bits per heavy atom. The Morgan fingerprint density at radius 1 is 1.26 bits per heavy atom. The second-order valence-corrected chi connectivity index (χ2v) is 13.1. The van der Waals surface area contributed by atoms with E-state index in [-0.39, 0.29) is 23.7 Å². The maximum Gasteiger partial charge on any atom is 0.316 e. The number of nitrogens with zero attached hydrogens (tertiary/aromatic N) is 3. The predicted octanol–water partition coefficient (Wildman–Crippen LogP) is 3.00. The van der Waals surface area contributed by atoms with Gasteiger partial charge < -0.3 is 30.6 Å². The minimum absolute atomic E-state index is 0.127. The van der Waals surface area contributed by atoms with Gasteiger partial charge in [-0.15, -0.1) is 5.10 Å². The first-order valence-corrected chi connectivity index (χ1v) is 16.5. The fraction of sp³-hybridized carbons (Fsp3) is 0.647. The molecule has 8 atom stereocenters. The Balaban J connectivity index is 1.78. The molecule has 2 aromatic rings. The van der Waals surface area contributed by atoms with Crippen molar-refractivity contribution in [1.29, 1.82) is 0 Å². The third kappa shape index (κ3) is 8.69. The molecule has 1 aliphatic rings. The third-order valence-corrected chi connectivity index (χ3v) is 10.1. The van der Waals surface area contributed by atoms with Crippen LogP contribution >= 0.6 is 0 Å². The maximum atomic E-state index is 13.5. The van der Waals surface area contributed by atoms with E-state index in [1.165, 1.54) is 0 Å². The number of Topliss-reactive ketones (excluding diaryl/α,β-unsaturated/α-hetero) is 1. The van der Waals surface area contributed by atoms with Gasteiger partial charge in [0.1, 0.15) is 37.5 Å². The number of methoxy groups -OCH3 is 1. The highest BCUT2D eigenvalue weighted by Gasteiger charge is 2.49. The molecule has 1 aromatic carbocycles. The van der Waals surface area contributed by atoms with E-state index in [2.05, 4.69) is 34.0 Å². The van der Waals surface area contributed by atoms with E-state index in [0.29, 0.717) is 38.2 Å². The number of ether oxygens (including phenoxy) is 3. The van der Waals surface area contributed by atoms with E-state index < -0.39 is 35.1 Å². The number of nitrogen functional groups attached to an aromatic ring is 1. The molecule has 0 unspecified atom stereocenters. The van der Waals surface area contributed by atoms with Crippen molar-refractivity contribution in [3.05, 3.63) is 30.5 Å². The van der Waals surface area contributed by atoms with Crippen LogP contribution in [0.15, 0.2) is 30.5 Å². The number of ketones is 1. The smallest absolute Gasteiger partial charge is 0.316 e. The van der Waals surface area contributed by atoms with Crippen molar-refractivity contribution in [2.24, 2.45) is 11.8 Å². The van der Waals surface area contributed by atoms with E-state index in [9.17, 15) is 9.59 Å². The summed E-state index contributed by atoms with van der Waals surface area (Å²) in [6.45, 7) is 13.3. The summed E-state index contributed by atoms with van der Waals surface area (Å²) in [5.41, 5.74) is 6.62. The van der Waals surface area contributed by atoms with E-state index in [1.54, 1.807) is 14.0 Å². The molecule has 3 rings (SSSR count). The highest BCUT2D eigenvalue weighted by Crippen LogP contribution is 2.36. The number of rotatable bonds is 10. The van der Waals surface area contributed by atoms with Crippen LogP contribution in [-0.4, -0.2) is 84.2 Å². The number of terminal acetylenes is 1. The van der Waals surface area contributed by atoms with Crippen LogP contribution in [0.5, 0.6) is 0 Å². The van der Waals surface area contributed by atoms with Crippen molar-refractivity contribution in [2.75, 3.05) is 25.9 Å². The molecule has 4 N–H and O–H groups in total. The molecule has 12 heteroatoms. The van der Waals surface area contributed by atoms with E-state index in [1.807, 2.05) is 70.7 Å². The normalized spacial score (nSPS) is 31.4. The van der Waals surface area contributed by atoms with Gasteiger partial charge in [-0.3, -0.25) is 14.3 Å². The molecule has 0 aliphatic carbocycles. The summed E-state index contributed by atoms with van der Waals surface area (Å²) in [5, 5.41) is 15.9. The first kappa shape index (κ1) is 37.1. The van der Waals surface area contributed by atoms with Crippen LogP contribution in [0.4, 0.5) is 5.69 Å². The van der Waals surface area contributed by atoms with Gasteiger partial charge in [-0.1, -0.05) is 37.6 Å². The lowest BCUT2D eigenvalue weighted by molar-refractivity contribution is -0.174. The first-order valence-electron chi connectivity index (χ1n) is 16.5. The minimum atomic E-state index is -1.10. The quantitative estimate of drug-likeness (QED) is 0.0890. The number of hydrogen-bond acceptors (Lipinski definition) is 10. The third-order valence-electron chi connectivity index (χ3n) is 10.1. The second-order valence-electron chi connectivity index (χ2n) is 13.1. The zero-order valence-electron chi connectivity index (χ0n) is 28.8. The van der Waals surface area contributed by atoms with Gasteiger partial charge in [0, 0.05) is 36.9 Å². The molecule has 1 saturated heterocycles. The number of anilines is 1. The van der Waals surface area contributed by atoms with Gasteiger partial charge in [0.05, 0.1) is 17.8 Å². The molecular weight excluding hydrogens is 583 g/mol. The number of nitrogens with one attached hydrogen (secondary N) is 2. The topological polar surface area (TPSA) is 143 Å². The first-order chi connectivity index (χ1) is 21.8. The molecule has 0 spiro atoms. The van der Waals surface area contributed by atoms with Crippen LogP contribution in [0, 0.1) is 24.4 Å². The molecule has 0 radical (unpaired) electrons. The lowest BCUT2D eigenvalue weighted by atomic mass is 9.63. The molecule has 2 heterocycles. The number of aryl methyl sites for hydroxylation is 1. The molecule has 1 aromatic heterocycles. The van der Waals surface area contributed by atoms with Gasteiger partial charge in [-0.05, 0) is 84.4 Å². The number of carbonyl (C=O) groups excluding carboxylic acids is 2. The summed E-state index contributed by atoms with van der Waals surface area (Å²) >= 11 is 0.